The van der Waals surface area contributed by atoms with Crippen LogP contribution in [0.1, 0.15) is 11.1 Å². The van der Waals surface area contributed by atoms with Crippen LogP contribution in [-0.4, -0.2) is 11.1 Å². The third-order valence-corrected chi connectivity index (χ3v) is 2.60. The zero-order valence-corrected chi connectivity index (χ0v) is 10.2. The first-order valence-electron chi connectivity index (χ1n) is 5.78. The fourth-order valence-electron chi connectivity index (χ4n) is 1.64. The number of nitrogens with zero attached hydrogens (tertiary/aromatic N) is 1. The number of carboxylic acid groups (broad SMARTS) is 1. The lowest BCUT2D eigenvalue weighted by Gasteiger charge is -1.96. The maximum absolute atomic E-state index is 13.4. The lowest BCUT2D eigenvalue weighted by atomic mass is 10.1. The summed E-state index contributed by atoms with van der Waals surface area (Å²) in [7, 11) is 0. The van der Waals surface area contributed by atoms with Gasteiger partial charge in [0.2, 0.25) is 6.54 Å². The molecule has 96 valence electrons. The summed E-state index contributed by atoms with van der Waals surface area (Å²) in [5, 5.41) is 8.64. The summed E-state index contributed by atoms with van der Waals surface area (Å²) in [6.07, 6.45) is 6.82. The van der Waals surface area contributed by atoms with Crippen LogP contribution in [0.2, 0.25) is 0 Å². The molecule has 2 aromatic rings. The summed E-state index contributed by atoms with van der Waals surface area (Å²) < 4.78 is 14.9. The standard InChI is InChI=1S/C15H12FNO2/c16-14-4-2-1-3-13(14)6-5-12-7-9-17(10-8-12)11-15(18)19/h1-10H,11H2/p+1/b6-5-. The predicted molar refractivity (Wildman–Crippen MR) is 69.6 cm³/mol. The van der Waals surface area contributed by atoms with Crippen molar-refractivity contribution in [3.05, 3.63) is 65.7 Å². The van der Waals surface area contributed by atoms with Gasteiger partial charge in [0.15, 0.2) is 12.4 Å². The van der Waals surface area contributed by atoms with Crippen LogP contribution < -0.4 is 4.57 Å². The van der Waals surface area contributed by atoms with Crippen LogP contribution >= 0.6 is 0 Å². The first-order valence-corrected chi connectivity index (χ1v) is 5.78. The van der Waals surface area contributed by atoms with Crippen molar-refractivity contribution < 1.29 is 18.9 Å². The van der Waals surface area contributed by atoms with Gasteiger partial charge >= 0.3 is 5.97 Å². The van der Waals surface area contributed by atoms with Crippen molar-refractivity contribution >= 4 is 18.1 Å². The fraction of sp³-hybridized carbons (Fsp3) is 0.0667. The number of rotatable bonds is 4. The van der Waals surface area contributed by atoms with Gasteiger partial charge in [0, 0.05) is 17.7 Å². The number of hydrogen-bond acceptors (Lipinski definition) is 1. The predicted octanol–water partition coefficient (Wildman–Crippen LogP) is 2.37. The second-order valence-corrected chi connectivity index (χ2v) is 4.05. The number of halogens is 1. The number of pyridine rings is 1. The van der Waals surface area contributed by atoms with Crippen molar-refractivity contribution in [3.8, 4) is 0 Å². The molecular weight excluding hydrogens is 245 g/mol. The molecule has 1 N–H and O–H groups in total. The summed E-state index contributed by atoms with van der Waals surface area (Å²) in [5.41, 5.74) is 1.40. The lowest BCUT2D eigenvalue weighted by molar-refractivity contribution is -0.685. The summed E-state index contributed by atoms with van der Waals surface area (Å²) >= 11 is 0. The van der Waals surface area contributed by atoms with Crippen LogP contribution in [-0.2, 0) is 11.3 Å². The Labute approximate surface area is 110 Å². The van der Waals surface area contributed by atoms with E-state index in [1.807, 2.05) is 0 Å². The Morgan fingerprint density at radius 2 is 1.84 bits per heavy atom. The van der Waals surface area contributed by atoms with Gasteiger partial charge in [0.25, 0.3) is 0 Å². The number of aliphatic carboxylic acids is 1. The van der Waals surface area contributed by atoms with Gasteiger partial charge in [-0.3, -0.25) is 0 Å². The van der Waals surface area contributed by atoms with Gasteiger partial charge in [-0.15, -0.1) is 0 Å². The molecule has 0 spiro atoms. The number of aromatic nitrogens is 1. The first-order chi connectivity index (χ1) is 9.15. The Balaban J connectivity index is 2.11. The smallest absolute Gasteiger partial charge is 0.370 e. The van der Waals surface area contributed by atoms with Crippen molar-refractivity contribution in [2.45, 2.75) is 6.54 Å². The minimum absolute atomic E-state index is 0.0721. The molecule has 2 rings (SSSR count). The highest BCUT2D eigenvalue weighted by Crippen LogP contribution is 2.10. The van der Waals surface area contributed by atoms with Gasteiger partial charge < -0.3 is 5.11 Å². The molecule has 0 saturated heterocycles. The average molecular weight is 258 g/mol. The second-order valence-electron chi connectivity index (χ2n) is 4.05. The second kappa shape index (κ2) is 5.91. The van der Waals surface area contributed by atoms with E-state index in [1.165, 1.54) is 6.07 Å². The van der Waals surface area contributed by atoms with E-state index in [1.54, 1.807) is 59.4 Å². The Kier molecular flexibility index (Phi) is 4.03. The Morgan fingerprint density at radius 1 is 1.16 bits per heavy atom. The zero-order chi connectivity index (χ0) is 13.7. The van der Waals surface area contributed by atoms with Crippen LogP contribution in [0.4, 0.5) is 4.39 Å². The molecule has 0 radical (unpaired) electrons. The topological polar surface area (TPSA) is 41.2 Å². The molecule has 0 unspecified atom stereocenters. The molecule has 4 heteroatoms. The average Bonchev–Trinajstić information content (AvgIpc) is 2.39. The van der Waals surface area contributed by atoms with Gasteiger partial charge in [0.05, 0.1) is 0 Å². The molecule has 0 atom stereocenters. The summed E-state index contributed by atoms with van der Waals surface area (Å²) in [6.45, 7) is -0.0721. The largest absolute Gasteiger partial charge is 0.477 e. The van der Waals surface area contributed by atoms with E-state index in [9.17, 15) is 9.18 Å². The summed E-state index contributed by atoms with van der Waals surface area (Å²) in [4.78, 5) is 10.5. The van der Waals surface area contributed by atoms with Crippen molar-refractivity contribution in [3.63, 3.8) is 0 Å². The van der Waals surface area contributed by atoms with E-state index >= 15 is 0 Å². The highest BCUT2D eigenvalue weighted by atomic mass is 19.1. The normalized spacial score (nSPS) is 10.8. The van der Waals surface area contributed by atoms with E-state index < -0.39 is 5.97 Å². The molecule has 0 aliphatic rings. The fourth-order valence-corrected chi connectivity index (χ4v) is 1.64. The number of carboxylic acids is 1. The molecule has 3 nitrogen and oxygen atoms in total. The van der Waals surface area contributed by atoms with Gasteiger partial charge in [-0.25, -0.2) is 9.18 Å². The molecule has 19 heavy (non-hydrogen) atoms. The van der Waals surface area contributed by atoms with Crippen LogP contribution in [0.25, 0.3) is 12.2 Å². The maximum atomic E-state index is 13.4. The first kappa shape index (κ1) is 13.0. The Hall–Kier alpha value is -2.49. The molecular formula is C15H13FNO2+. The minimum atomic E-state index is -0.889. The number of carbonyl (C=O) groups is 1. The summed E-state index contributed by atoms with van der Waals surface area (Å²) in [5.74, 6) is -1.16. The molecule has 0 aliphatic heterocycles. The van der Waals surface area contributed by atoms with E-state index in [0.717, 1.165) is 5.56 Å². The van der Waals surface area contributed by atoms with Gasteiger partial charge in [-0.2, -0.15) is 4.57 Å². The SMILES string of the molecule is O=C(O)C[n+]1ccc(/C=C\c2ccccc2F)cc1. The molecule has 1 aromatic heterocycles. The van der Waals surface area contributed by atoms with Crippen LogP contribution in [0.15, 0.2) is 48.8 Å². The maximum Gasteiger partial charge on any atom is 0.370 e. The van der Waals surface area contributed by atoms with Crippen molar-refractivity contribution in [1.82, 2.24) is 0 Å². The van der Waals surface area contributed by atoms with Crippen molar-refractivity contribution in [1.29, 1.82) is 0 Å². The quantitative estimate of drug-likeness (QED) is 0.855. The van der Waals surface area contributed by atoms with Gasteiger partial charge in [-0.1, -0.05) is 30.4 Å². The van der Waals surface area contributed by atoms with E-state index in [-0.39, 0.29) is 12.4 Å². The number of benzene rings is 1. The zero-order valence-electron chi connectivity index (χ0n) is 10.2. The van der Waals surface area contributed by atoms with E-state index in [0.29, 0.717) is 5.56 Å². The van der Waals surface area contributed by atoms with Crippen LogP contribution in [0, 0.1) is 5.82 Å². The van der Waals surface area contributed by atoms with Crippen LogP contribution in [0.3, 0.4) is 0 Å². The van der Waals surface area contributed by atoms with E-state index in [2.05, 4.69) is 0 Å². The molecule has 0 amide bonds. The molecule has 1 heterocycles. The van der Waals surface area contributed by atoms with Crippen molar-refractivity contribution in [2.75, 3.05) is 0 Å². The molecule has 0 bridgehead atoms. The highest BCUT2D eigenvalue weighted by molar-refractivity contribution is 5.69. The molecule has 0 saturated carbocycles. The molecule has 0 fully saturated rings. The Morgan fingerprint density at radius 3 is 2.47 bits per heavy atom. The third kappa shape index (κ3) is 3.74. The molecule has 1 aromatic carbocycles. The monoisotopic (exact) mass is 258 g/mol. The summed E-state index contributed by atoms with van der Waals surface area (Å²) in [6, 6.07) is 10.1. The highest BCUT2D eigenvalue weighted by Gasteiger charge is 2.05. The van der Waals surface area contributed by atoms with Gasteiger partial charge in [0.1, 0.15) is 5.82 Å². The minimum Gasteiger partial charge on any atom is -0.477 e. The molecule has 0 aliphatic carbocycles. The Bertz CT molecular complexity index is 606. The van der Waals surface area contributed by atoms with Crippen LogP contribution in [0.5, 0.6) is 0 Å². The van der Waals surface area contributed by atoms with Gasteiger partial charge in [-0.05, 0) is 11.6 Å². The third-order valence-electron chi connectivity index (χ3n) is 2.60. The van der Waals surface area contributed by atoms with Crippen molar-refractivity contribution in [2.24, 2.45) is 0 Å². The number of hydrogen-bond donors (Lipinski definition) is 1. The van der Waals surface area contributed by atoms with E-state index in [4.69, 9.17) is 5.11 Å². The lowest BCUT2D eigenvalue weighted by Crippen LogP contribution is -2.36.